The Hall–Kier alpha value is -1.64. The first-order valence-electron chi connectivity index (χ1n) is 10.5. The predicted octanol–water partition coefficient (Wildman–Crippen LogP) is 9.31. The molecule has 0 bridgehead atoms. The minimum absolute atomic E-state index is 0.632. The van der Waals surface area contributed by atoms with Gasteiger partial charge >= 0.3 is 0 Å². The van der Waals surface area contributed by atoms with E-state index in [4.69, 9.17) is 0 Å². The smallest absolute Gasteiger partial charge is 0.0175 e. The molecule has 0 fully saturated rings. The summed E-state index contributed by atoms with van der Waals surface area (Å²) in [5.74, 6) is 0. The minimum Gasteiger partial charge on any atom is -0.0891 e. The Kier molecular flexibility index (Phi) is 6.72. The molecule has 148 valence electrons. The van der Waals surface area contributed by atoms with Gasteiger partial charge < -0.3 is 0 Å². The summed E-state index contributed by atoms with van der Waals surface area (Å²) in [6, 6.07) is 26.6. The molecule has 4 rings (SSSR count). The SMILES string of the molecule is CCCC(Br)CCCc1c2ccccc2c(-c2ccc(Br)cc2)c2ccccc12. The molecule has 0 aliphatic heterocycles. The molecule has 0 heterocycles. The van der Waals surface area contributed by atoms with Crippen molar-refractivity contribution in [3.05, 3.63) is 82.8 Å². The van der Waals surface area contributed by atoms with Crippen LogP contribution in [0.4, 0.5) is 0 Å². The first-order chi connectivity index (χ1) is 14.2. The van der Waals surface area contributed by atoms with E-state index in [2.05, 4.69) is 112 Å². The van der Waals surface area contributed by atoms with Crippen molar-refractivity contribution in [3.8, 4) is 11.1 Å². The van der Waals surface area contributed by atoms with Crippen LogP contribution in [0.1, 0.15) is 38.2 Å². The maximum absolute atomic E-state index is 3.86. The van der Waals surface area contributed by atoms with E-state index >= 15 is 0 Å². The van der Waals surface area contributed by atoms with Gasteiger partial charge in [0.1, 0.15) is 0 Å². The zero-order valence-corrected chi connectivity index (χ0v) is 20.0. The summed E-state index contributed by atoms with van der Waals surface area (Å²) in [5.41, 5.74) is 4.11. The molecule has 4 aromatic rings. The molecule has 0 aliphatic carbocycles. The van der Waals surface area contributed by atoms with E-state index in [0.717, 1.165) is 10.9 Å². The molecular weight excluding hydrogens is 484 g/mol. The van der Waals surface area contributed by atoms with Gasteiger partial charge in [-0.2, -0.15) is 0 Å². The van der Waals surface area contributed by atoms with E-state index in [-0.39, 0.29) is 0 Å². The Balaban J connectivity index is 1.86. The Morgan fingerprint density at radius 3 is 1.83 bits per heavy atom. The molecule has 0 saturated heterocycles. The summed E-state index contributed by atoms with van der Waals surface area (Å²) in [4.78, 5) is 0.632. The van der Waals surface area contributed by atoms with Crippen LogP contribution < -0.4 is 0 Å². The van der Waals surface area contributed by atoms with Crippen LogP contribution in [0.25, 0.3) is 32.7 Å². The van der Waals surface area contributed by atoms with Crippen molar-refractivity contribution in [2.24, 2.45) is 0 Å². The van der Waals surface area contributed by atoms with Crippen molar-refractivity contribution in [3.63, 3.8) is 0 Å². The standard InChI is InChI=1S/C27H26Br2/c1-2-8-20(28)9-7-14-22-23-10-3-5-12-25(23)27(19-15-17-21(29)18-16-19)26-13-6-4-11-24(22)26/h3-6,10-13,15-18,20H,2,7-9,14H2,1H3. The highest BCUT2D eigenvalue weighted by atomic mass is 79.9. The van der Waals surface area contributed by atoms with Crippen LogP contribution in [0.2, 0.25) is 0 Å². The van der Waals surface area contributed by atoms with Gasteiger partial charge in [0.2, 0.25) is 0 Å². The Morgan fingerprint density at radius 2 is 1.28 bits per heavy atom. The molecule has 0 nitrogen and oxygen atoms in total. The van der Waals surface area contributed by atoms with Gasteiger partial charge in [-0.05, 0) is 76.1 Å². The number of rotatable bonds is 7. The van der Waals surface area contributed by atoms with Crippen molar-refractivity contribution >= 4 is 53.4 Å². The minimum atomic E-state index is 0.632. The molecule has 29 heavy (non-hydrogen) atoms. The molecule has 1 atom stereocenters. The first-order valence-corrected chi connectivity index (χ1v) is 12.2. The lowest BCUT2D eigenvalue weighted by Crippen LogP contribution is -1.99. The number of fused-ring (bicyclic) bond motifs is 2. The molecule has 0 aliphatic rings. The van der Waals surface area contributed by atoms with Gasteiger partial charge in [-0.15, -0.1) is 0 Å². The third-order valence-electron chi connectivity index (χ3n) is 5.72. The summed E-state index contributed by atoms with van der Waals surface area (Å²) < 4.78 is 1.11. The Morgan fingerprint density at radius 1 is 0.724 bits per heavy atom. The summed E-state index contributed by atoms with van der Waals surface area (Å²) in [6.07, 6.45) is 6.05. The van der Waals surface area contributed by atoms with E-state index < -0.39 is 0 Å². The fraction of sp³-hybridized carbons (Fsp3) is 0.259. The number of aryl methyl sites for hydroxylation is 1. The van der Waals surface area contributed by atoms with Gasteiger partial charge in [-0.25, -0.2) is 0 Å². The van der Waals surface area contributed by atoms with Crippen molar-refractivity contribution in [2.45, 2.75) is 43.9 Å². The third kappa shape index (κ3) is 4.44. The fourth-order valence-corrected chi connectivity index (χ4v) is 5.42. The van der Waals surface area contributed by atoms with Gasteiger partial charge in [0, 0.05) is 9.30 Å². The van der Waals surface area contributed by atoms with Crippen LogP contribution in [0, 0.1) is 0 Å². The lowest BCUT2D eigenvalue weighted by Gasteiger charge is -2.18. The van der Waals surface area contributed by atoms with Crippen molar-refractivity contribution in [1.29, 1.82) is 0 Å². The molecule has 0 saturated carbocycles. The van der Waals surface area contributed by atoms with E-state index in [1.807, 2.05) is 0 Å². The quantitative estimate of drug-likeness (QED) is 0.172. The zero-order valence-electron chi connectivity index (χ0n) is 16.8. The van der Waals surface area contributed by atoms with E-state index in [0.29, 0.717) is 4.83 Å². The summed E-state index contributed by atoms with van der Waals surface area (Å²) in [5, 5.41) is 5.50. The van der Waals surface area contributed by atoms with Gasteiger partial charge in [-0.3, -0.25) is 0 Å². The van der Waals surface area contributed by atoms with Crippen LogP contribution in [0.3, 0.4) is 0 Å². The van der Waals surface area contributed by atoms with Crippen LogP contribution in [-0.4, -0.2) is 4.83 Å². The maximum Gasteiger partial charge on any atom is 0.0175 e. The van der Waals surface area contributed by atoms with Gasteiger partial charge in [0.15, 0.2) is 0 Å². The molecule has 0 N–H and O–H groups in total. The lowest BCUT2D eigenvalue weighted by molar-refractivity contribution is 0.657. The monoisotopic (exact) mass is 508 g/mol. The van der Waals surface area contributed by atoms with Gasteiger partial charge in [-0.1, -0.05) is 106 Å². The largest absolute Gasteiger partial charge is 0.0891 e. The normalized spacial score (nSPS) is 12.5. The lowest BCUT2D eigenvalue weighted by atomic mass is 9.87. The maximum atomic E-state index is 3.86. The highest BCUT2D eigenvalue weighted by molar-refractivity contribution is 9.10. The Bertz CT molecular complexity index is 1060. The molecule has 0 amide bonds. The third-order valence-corrected chi connectivity index (χ3v) is 7.17. The second kappa shape index (κ2) is 9.45. The molecular formula is C27H26Br2. The molecule has 1 unspecified atom stereocenters. The molecule has 4 aromatic carbocycles. The number of halogens is 2. The first kappa shape index (κ1) is 20.6. The summed E-state index contributed by atoms with van der Waals surface area (Å²) in [7, 11) is 0. The predicted molar refractivity (Wildman–Crippen MR) is 135 cm³/mol. The average Bonchev–Trinajstić information content (AvgIpc) is 2.74. The summed E-state index contributed by atoms with van der Waals surface area (Å²) in [6.45, 7) is 2.26. The number of benzene rings is 4. The van der Waals surface area contributed by atoms with Crippen molar-refractivity contribution in [1.82, 2.24) is 0 Å². The van der Waals surface area contributed by atoms with Crippen LogP contribution in [-0.2, 0) is 6.42 Å². The van der Waals surface area contributed by atoms with Gasteiger partial charge in [0.25, 0.3) is 0 Å². The average molecular weight is 510 g/mol. The molecule has 0 radical (unpaired) electrons. The summed E-state index contributed by atoms with van der Waals surface area (Å²) >= 11 is 7.43. The molecule has 0 aromatic heterocycles. The molecule has 0 spiro atoms. The van der Waals surface area contributed by atoms with Crippen molar-refractivity contribution in [2.75, 3.05) is 0 Å². The van der Waals surface area contributed by atoms with Crippen molar-refractivity contribution < 1.29 is 0 Å². The van der Waals surface area contributed by atoms with E-state index in [9.17, 15) is 0 Å². The van der Waals surface area contributed by atoms with Gasteiger partial charge in [0.05, 0.1) is 0 Å². The van der Waals surface area contributed by atoms with E-state index in [1.54, 1.807) is 0 Å². The highest BCUT2D eigenvalue weighted by Crippen LogP contribution is 2.40. The zero-order chi connectivity index (χ0) is 20.2. The van der Waals surface area contributed by atoms with Crippen LogP contribution in [0.5, 0.6) is 0 Å². The number of hydrogen-bond acceptors (Lipinski definition) is 0. The molecule has 2 heteroatoms. The second-order valence-electron chi connectivity index (χ2n) is 7.73. The van der Waals surface area contributed by atoms with E-state index in [1.165, 1.54) is 63.9 Å². The second-order valence-corrected chi connectivity index (χ2v) is 9.94. The fourth-order valence-electron chi connectivity index (χ4n) is 4.37. The van der Waals surface area contributed by atoms with Crippen LogP contribution >= 0.6 is 31.9 Å². The highest BCUT2D eigenvalue weighted by Gasteiger charge is 2.15. The number of hydrogen-bond donors (Lipinski definition) is 0. The number of alkyl halides is 1. The Labute approximate surface area is 190 Å². The van der Waals surface area contributed by atoms with Crippen LogP contribution in [0.15, 0.2) is 77.3 Å². The topological polar surface area (TPSA) is 0 Å².